The maximum atomic E-state index is 12.2. The molecule has 1 aromatic heterocycles. The Bertz CT molecular complexity index is 723. The fourth-order valence-corrected chi connectivity index (χ4v) is 3.91. The molecule has 1 atom stereocenters. The van der Waals surface area contributed by atoms with Gasteiger partial charge in [-0.3, -0.25) is 0 Å². The van der Waals surface area contributed by atoms with Gasteiger partial charge in [0.05, 0.1) is 12.5 Å². The fraction of sp³-hybridized carbons (Fsp3) is 0.400. The van der Waals surface area contributed by atoms with Crippen LogP contribution in [0.5, 0.6) is 0 Å². The number of hydrogen-bond donors (Lipinski definition) is 2. The van der Waals surface area contributed by atoms with Crippen molar-refractivity contribution < 1.29 is 8.42 Å². The molecule has 1 aromatic carbocycles. The average Bonchev–Trinajstić information content (AvgIpc) is 3.01. The molecule has 1 unspecified atom stereocenters. The number of H-pyrrole nitrogens is 1. The van der Waals surface area contributed by atoms with Crippen LogP contribution in [0.15, 0.2) is 35.7 Å². The van der Waals surface area contributed by atoms with Gasteiger partial charge in [-0.1, -0.05) is 18.2 Å². The van der Waals surface area contributed by atoms with Crippen LogP contribution in [-0.4, -0.2) is 18.4 Å². The van der Waals surface area contributed by atoms with Crippen LogP contribution < -0.4 is 4.72 Å². The van der Waals surface area contributed by atoms with Gasteiger partial charge < -0.3 is 4.98 Å². The molecule has 2 N–H and O–H groups in total. The lowest BCUT2D eigenvalue weighted by molar-refractivity contribution is 0.563. The van der Waals surface area contributed by atoms with Gasteiger partial charge in [-0.2, -0.15) is 0 Å². The molecule has 1 aliphatic rings. The lowest BCUT2D eigenvalue weighted by Crippen LogP contribution is -2.27. The van der Waals surface area contributed by atoms with E-state index >= 15 is 0 Å². The summed E-state index contributed by atoms with van der Waals surface area (Å²) >= 11 is 0. The van der Waals surface area contributed by atoms with Crippen molar-refractivity contribution in [3.63, 3.8) is 0 Å². The molecule has 1 heterocycles. The molecule has 0 amide bonds. The summed E-state index contributed by atoms with van der Waals surface area (Å²) in [5.74, 6) is 0. The van der Waals surface area contributed by atoms with Gasteiger partial charge >= 0.3 is 0 Å². The molecule has 112 valence electrons. The number of benzene rings is 1. The zero-order chi connectivity index (χ0) is 14.9. The normalized spacial score (nSPS) is 16.4. The van der Waals surface area contributed by atoms with Gasteiger partial charge in [-0.15, -0.1) is 0 Å². The fourth-order valence-electron chi connectivity index (χ4n) is 2.78. The molecule has 6 heteroatoms. The SMILES string of the molecule is CC(NS(=O)(=O)c1cnc[nH]1)c1ccc2c(c1)CCCC2. The molecule has 0 fully saturated rings. The number of rotatable bonds is 4. The molecule has 21 heavy (non-hydrogen) atoms. The Morgan fingerprint density at radius 2 is 2.00 bits per heavy atom. The highest BCUT2D eigenvalue weighted by molar-refractivity contribution is 7.89. The predicted molar refractivity (Wildman–Crippen MR) is 80.4 cm³/mol. The summed E-state index contributed by atoms with van der Waals surface area (Å²) in [6, 6.07) is 6.01. The summed E-state index contributed by atoms with van der Waals surface area (Å²) in [6.07, 6.45) is 7.34. The van der Waals surface area contributed by atoms with Gasteiger partial charge in [-0.05, 0) is 49.3 Å². The summed E-state index contributed by atoms with van der Waals surface area (Å²) in [5, 5.41) is 0.0901. The van der Waals surface area contributed by atoms with Gasteiger partial charge in [0.15, 0.2) is 5.03 Å². The number of hydrogen-bond acceptors (Lipinski definition) is 3. The zero-order valence-electron chi connectivity index (χ0n) is 12.0. The summed E-state index contributed by atoms with van der Waals surface area (Å²) in [6.45, 7) is 1.86. The highest BCUT2D eigenvalue weighted by Gasteiger charge is 2.20. The van der Waals surface area contributed by atoms with Crippen molar-refractivity contribution in [2.75, 3.05) is 0 Å². The van der Waals surface area contributed by atoms with Crippen molar-refractivity contribution >= 4 is 10.0 Å². The summed E-state index contributed by atoms with van der Waals surface area (Å²) in [4.78, 5) is 6.37. The Morgan fingerprint density at radius 1 is 1.24 bits per heavy atom. The van der Waals surface area contributed by atoms with Crippen molar-refractivity contribution in [1.29, 1.82) is 0 Å². The third-order valence-corrected chi connectivity index (χ3v) is 5.43. The molecule has 0 saturated carbocycles. The van der Waals surface area contributed by atoms with E-state index in [9.17, 15) is 8.42 Å². The molecular formula is C15H19N3O2S. The number of aromatic amines is 1. The van der Waals surface area contributed by atoms with Gasteiger partial charge in [0.1, 0.15) is 0 Å². The van der Waals surface area contributed by atoms with Crippen molar-refractivity contribution in [2.45, 2.75) is 43.7 Å². The van der Waals surface area contributed by atoms with Crippen LogP contribution in [0.2, 0.25) is 0 Å². The molecule has 1 aliphatic carbocycles. The van der Waals surface area contributed by atoms with Crippen molar-refractivity contribution in [3.8, 4) is 0 Å². The standard InChI is InChI=1S/C15H19N3O2S/c1-11(18-21(19,20)15-9-16-10-17-15)13-7-6-12-4-2-3-5-14(12)8-13/h6-11,18H,2-5H2,1H3,(H,16,17). The Balaban J connectivity index is 1.81. The zero-order valence-corrected chi connectivity index (χ0v) is 12.8. The van der Waals surface area contributed by atoms with Crippen LogP contribution in [0.4, 0.5) is 0 Å². The predicted octanol–water partition coefficient (Wildman–Crippen LogP) is 2.33. The van der Waals surface area contributed by atoms with Crippen molar-refractivity contribution in [1.82, 2.24) is 14.7 Å². The minimum atomic E-state index is -3.55. The molecule has 3 rings (SSSR count). The number of sulfonamides is 1. The number of nitrogens with zero attached hydrogens (tertiary/aromatic N) is 1. The number of aromatic nitrogens is 2. The van der Waals surface area contributed by atoms with E-state index in [0.717, 1.165) is 18.4 Å². The minimum absolute atomic E-state index is 0.0901. The highest BCUT2D eigenvalue weighted by atomic mass is 32.2. The van der Waals surface area contributed by atoms with E-state index in [4.69, 9.17) is 0 Å². The molecule has 0 radical (unpaired) electrons. The van der Waals surface area contributed by atoms with E-state index in [1.165, 1.54) is 36.5 Å². The Morgan fingerprint density at radius 3 is 2.71 bits per heavy atom. The van der Waals surface area contributed by atoms with E-state index in [2.05, 4.69) is 26.8 Å². The van der Waals surface area contributed by atoms with Gasteiger partial charge in [0.25, 0.3) is 10.0 Å². The highest BCUT2D eigenvalue weighted by Crippen LogP contribution is 2.25. The van der Waals surface area contributed by atoms with Crippen LogP contribution in [0.25, 0.3) is 0 Å². The summed E-state index contributed by atoms with van der Waals surface area (Å²) in [5.41, 5.74) is 3.75. The van der Waals surface area contributed by atoms with Gasteiger partial charge in [0.2, 0.25) is 0 Å². The van der Waals surface area contributed by atoms with E-state index in [-0.39, 0.29) is 11.1 Å². The monoisotopic (exact) mass is 305 g/mol. The van der Waals surface area contributed by atoms with Crippen LogP contribution in [0.1, 0.15) is 42.5 Å². The number of fused-ring (bicyclic) bond motifs is 1. The summed E-state index contributed by atoms with van der Waals surface area (Å²) < 4.78 is 27.0. The number of imidazole rings is 1. The quantitative estimate of drug-likeness (QED) is 0.910. The minimum Gasteiger partial charge on any atom is -0.335 e. The first-order chi connectivity index (χ1) is 10.1. The first-order valence-electron chi connectivity index (χ1n) is 7.19. The average molecular weight is 305 g/mol. The third-order valence-electron chi connectivity index (χ3n) is 3.97. The van der Waals surface area contributed by atoms with Crippen LogP contribution >= 0.6 is 0 Å². The first kappa shape index (κ1) is 14.3. The molecule has 2 aromatic rings. The third kappa shape index (κ3) is 3.01. The van der Waals surface area contributed by atoms with Crippen molar-refractivity contribution in [2.24, 2.45) is 0 Å². The maximum Gasteiger partial charge on any atom is 0.258 e. The Hall–Kier alpha value is -1.66. The lowest BCUT2D eigenvalue weighted by atomic mass is 9.89. The molecular weight excluding hydrogens is 286 g/mol. The second-order valence-corrected chi connectivity index (χ2v) is 7.18. The molecule has 0 aliphatic heterocycles. The van der Waals surface area contributed by atoms with Crippen LogP contribution in [0, 0.1) is 0 Å². The smallest absolute Gasteiger partial charge is 0.258 e. The number of nitrogens with one attached hydrogen (secondary N) is 2. The van der Waals surface area contributed by atoms with Crippen LogP contribution in [0.3, 0.4) is 0 Å². The second-order valence-electron chi connectivity index (χ2n) is 5.49. The molecule has 5 nitrogen and oxygen atoms in total. The number of aryl methyl sites for hydroxylation is 2. The first-order valence-corrected chi connectivity index (χ1v) is 8.67. The topological polar surface area (TPSA) is 74.8 Å². The van der Waals surface area contributed by atoms with Gasteiger partial charge in [-0.25, -0.2) is 18.1 Å². The van der Waals surface area contributed by atoms with E-state index in [0.29, 0.717) is 0 Å². The molecule has 0 spiro atoms. The van der Waals surface area contributed by atoms with E-state index < -0.39 is 10.0 Å². The van der Waals surface area contributed by atoms with Crippen molar-refractivity contribution in [3.05, 3.63) is 47.4 Å². The maximum absolute atomic E-state index is 12.2. The van der Waals surface area contributed by atoms with Gasteiger partial charge in [0, 0.05) is 6.04 Å². The largest absolute Gasteiger partial charge is 0.335 e. The van der Waals surface area contributed by atoms with Crippen LogP contribution in [-0.2, 0) is 22.9 Å². The molecule has 0 saturated heterocycles. The van der Waals surface area contributed by atoms with E-state index in [1.807, 2.05) is 13.0 Å². The molecule has 0 bridgehead atoms. The van der Waals surface area contributed by atoms with E-state index in [1.54, 1.807) is 0 Å². The lowest BCUT2D eigenvalue weighted by Gasteiger charge is -2.19. The Labute approximate surface area is 124 Å². The summed E-state index contributed by atoms with van der Waals surface area (Å²) in [7, 11) is -3.55. The second kappa shape index (κ2) is 5.61. The Kier molecular flexibility index (Phi) is 3.82.